The van der Waals surface area contributed by atoms with Crippen LogP contribution in [0.1, 0.15) is 18.1 Å². The van der Waals surface area contributed by atoms with E-state index in [0.29, 0.717) is 21.9 Å². The highest BCUT2D eigenvalue weighted by molar-refractivity contribution is 6.39. The lowest BCUT2D eigenvalue weighted by Crippen LogP contribution is -2.19. The van der Waals surface area contributed by atoms with Gasteiger partial charge in [-0.05, 0) is 35.4 Å². The second kappa shape index (κ2) is 9.67. The minimum Gasteiger partial charge on any atom is -0.460 e. The molecule has 33 heavy (non-hydrogen) atoms. The molecule has 0 saturated carbocycles. The van der Waals surface area contributed by atoms with Gasteiger partial charge in [-0.15, -0.1) is 0 Å². The number of amides is 1. The number of ketones is 1. The molecule has 1 amide bonds. The van der Waals surface area contributed by atoms with Gasteiger partial charge < -0.3 is 15.0 Å². The fraction of sp³-hybridized carbons (Fsp3) is 0.120. The number of aromatic amines is 1. The van der Waals surface area contributed by atoms with Crippen LogP contribution >= 0.6 is 11.6 Å². The van der Waals surface area contributed by atoms with Crippen molar-refractivity contribution >= 4 is 46.0 Å². The van der Waals surface area contributed by atoms with Crippen LogP contribution in [-0.2, 0) is 32.1 Å². The number of carbonyl (C=O) groups is 3. The summed E-state index contributed by atoms with van der Waals surface area (Å²) in [6.45, 7) is 1.31. The molecule has 0 aliphatic rings. The van der Waals surface area contributed by atoms with Crippen molar-refractivity contribution in [3.05, 3.63) is 83.1 Å². The predicted octanol–water partition coefficient (Wildman–Crippen LogP) is 4.70. The SMILES string of the molecule is CC(=O)C(=O)Nc1cccc(-c2c[nH]c3ncc(CC(=O)OCc4ccccc4Cl)cc23)c1. The first-order valence-corrected chi connectivity index (χ1v) is 10.6. The summed E-state index contributed by atoms with van der Waals surface area (Å²) < 4.78 is 5.37. The summed E-state index contributed by atoms with van der Waals surface area (Å²) in [6, 6.07) is 16.2. The molecule has 8 heteroatoms. The summed E-state index contributed by atoms with van der Waals surface area (Å²) in [5.74, 6) is -1.63. The molecule has 0 fully saturated rings. The Morgan fingerprint density at radius 3 is 2.70 bits per heavy atom. The van der Waals surface area contributed by atoms with Crippen LogP contribution in [0.5, 0.6) is 0 Å². The molecule has 0 bridgehead atoms. The van der Waals surface area contributed by atoms with Crippen molar-refractivity contribution in [3.8, 4) is 11.1 Å². The van der Waals surface area contributed by atoms with E-state index in [2.05, 4.69) is 15.3 Å². The van der Waals surface area contributed by atoms with Gasteiger partial charge in [0.2, 0.25) is 5.78 Å². The van der Waals surface area contributed by atoms with Crippen LogP contribution in [0.4, 0.5) is 5.69 Å². The molecule has 0 saturated heterocycles. The highest BCUT2D eigenvalue weighted by Gasteiger charge is 2.13. The standard InChI is InChI=1S/C25H20ClN3O4/c1-15(30)25(32)29-19-7-4-6-17(11-19)21-13-28-24-20(21)9-16(12-27-24)10-23(31)33-14-18-5-2-3-8-22(18)26/h2-9,11-13H,10,14H2,1H3,(H,27,28)(H,29,32). The zero-order valence-electron chi connectivity index (χ0n) is 17.7. The van der Waals surface area contributed by atoms with Crippen LogP contribution in [-0.4, -0.2) is 27.6 Å². The summed E-state index contributed by atoms with van der Waals surface area (Å²) in [5, 5.41) is 3.94. The van der Waals surface area contributed by atoms with Gasteiger partial charge >= 0.3 is 5.97 Å². The van der Waals surface area contributed by atoms with Gasteiger partial charge in [-0.25, -0.2) is 4.98 Å². The number of aromatic nitrogens is 2. The highest BCUT2D eigenvalue weighted by atomic mass is 35.5. The molecule has 0 atom stereocenters. The van der Waals surface area contributed by atoms with E-state index in [1.54, 1.807) is 30.5 Å². The van der Waals surface area contributed by atoms with Crippen molar-refractivity contribution in [2.24, 2.45) is 0 Å². The van der Waals surface area contributed by atoms with Gasteiger partial charge in [-0.2, -0.15) is 0 Å². The van der Waals surface area contributed by atoms with E-state index in [9.17, 15) is 14.4 Å². The first kappa shape index (κ1) is 22.2. The fourth-order valence-electron chi connectivity index (χ4n) is 3.36. The van der Waals surface area contributed by atoms with Gasteiger partial charge in [-0.1, -0.05) is 41.9 Å². The van der Waals surface area contributed by atoms with E-state index in [-0.39, 0.29) is 19.0 Å². The molecule has 0 unspecified atom stereocenters. The Morgan fingerprint density at radius 1 is 1.09 bits per heavy atom. The largest absolute Gasteiger partial charge is 0.460 e. The van der Waals surface area contributed by atoms with Gasteiger partial charge in [0.25, 0.3) is 5.91 Å². The minimum absolute atomic E-state index is 0.0622. The number of nitrogens with zero attached hydrogens (tertiary/aromatic N) is 1. The van der Waals surface area contributed by atoms with E-state index in [0.717, 1.165) is 22.1 Å². The number of nitrogens with one attached hydrogen (secondary N) is 2. The van der Waals surface area contributed by atoms with Gasteiger partial charge in [0.05, 0.1) is 6.42 Å². The second-order valence-electron chi connectivity index (χ2n) is 7.46. The molecule has 0 radical (unpaired) electrons. The number of benzene rings is 2. The number of anilines is 1. The number of esters is 1. The quantitative estimate of drug-likeness (QED) is 0.307. The number of ether oxygens (including phenoxy) is 1. The van der Waals surface area contributed by atoms with Crippen LogP contribution in [0.25, 0.3) is 22.2 Å². The molecular formula is C25H20ClN3O4. The van der Waals surface area contributed by atoms with Gasteiger partial charge in [-0.3, -0.25) is 14.4 Å². The number of hydrogen-bond donors (Lipinski definition) is 2. The Balaban J connectivity index is 1.52. The van der Waals surface area contributed by atoms with E-state index in [1.165, 1.54) is 6.92 Å². The molecule has 4 rings (SSSR count). The monoisotopic (exact) mass is 461 g/mol. The molecule has 2 N–H and O–H groups in total. The van der Waals surface area contributed by atoms with E-state index in [4.69, 9.17) is 16.3 Å². The number of Topliss-reactive ketones (excluding diaryl/α,β-unsaturated/α-hetero) is 1. The van der Waals surface area contributed by atoms with Crippen molar-refractivity contribution in [2.45, 2.75) is 20.0 Å². The maximum atomic E-state index is 12.4. The van der Waals surface area contributed by atoms with Gasteiger partial charge in [0.1, 0.15) is 12.3 Å². The van der Waals surface area contributed by atoms with Crippen molar-refractivity contribution in [3.63, 3.8) is 0 Å². The Labute approximate surface area is 194 Å². The molecular weight excluding hydrogens is 442 g/mol. The normalized spacial score (nSPS) is 10.7. The lowest BCUT2D eigenvalue weighted by atomic mass is 10.0. The molecule has 2 aromatic carbocycles. The Bertz CT molecular complexity index is 1360. The zero-order valence-corrected chi connectivity index (χ0v) is 18.5. The van der Waals surface area contributed by atoms with Crippen LogP contribution < -0.4 is 5.32 Å². The van der Waals surface area contributed by atoms with Crippen LogP contribution in [0.15, 0.2) is 67.0 Å². The lowest BCUT2D eigenvalue weighted by Gasteiger charge is -2.07. The van der Waals surface area contributed by atoms with E-state index >= 15 is 0 Å². The van der Waals surface area contributed by atoms with Gasteiger partial charge in [0.15, 0.2) is 0 Å². The average molecular weight is 462 g/mol. The topological polar surface area (TPSA) is 101 Å². The van der Waals surface area contributed by atoms with Crippen molar-refractivity contribution in [2.75, 3.05) is 5.32 Å². The first-order valence-electron chi connectivity index (χ1n) is 10.2. The average Bonchev–Trinajstić information content (AvgIpc) is 3.22. The number of hydrogen-bond acceptors (Lipinski definition) is 5. The van der Waals surface area contributed by atoms with Crippen LogP contribution in [0.2, 0.25) is 5.02 Å². The molecule has 0 aliphatic heterocycles. The van der Waals surface area contributed by atoms with E-state index < -0.39 is 11.7 Å². The van der Waals surface area contributed by atoms with Crippen LogP contribution in [0.3, 0.4) is 0 Å². The Morgan fingerprint density at radius 2 is 1.91 bits per heavy atom. The maximum Gasteiger partial charge on any atom is 0.310 e. The first-order chi connectivity index (χ1) is 15.9. The predicted molar refractivity (Wildman–Crippen MR) is 126 cm³/mol. The second-order valence-corrected chi connectivity index (χ2v) is 7.87. The third-order valence-electron chi connectivity index (χ3n) is 5.03. The van der Waals surface area contributed by atoms with Crippen molar-refractivity contribution in [1.29, 1.82) is 0 Å². The highest BCUT2D eigenvalue weighted by Crippen LogP contribution is 2.30. The lowest BCUT2D eigenvalue weighted by molar-refractivity contribution is -0.144. The van der Waals surface area contributed by atoms with Crippen LogP contribution in [0, 0.1) is 0 Å². The fourth-order valence-corrected chi connectivity index (χ4v) is 3.55. The summed E-state index contributed by atoms with van der Waals surface area (Å²) in [5.41, 5.74) is 4.29. The number of rotatable bonds is 7. The number of carbonyl (C=O) groups excluding carboxylic acids is 3. The molecule has 166 valence electrons. The number of pyridine rings is 1. The molecule has 0 aliphatic carbocycles. The summed E-state index contributed by atoms with van der Waals surface area (Å²) in [7, 11) is 0. The zero-order chi connectivity index (χ0) is 23.4. The Hall–Kier alpha value is -3.97. The number of fused-ring (bicyclic) bond motifs is 1. The number of H-pyrrole nitrogens is 1. The maximum absolute atomic E-state index is 12.4. The molecule has 7 nitrogen and oxygen atoms in total. The smallest absolute Gasteiger partial charge is 0.310 e. The minimum atomic E-state index is -0.676. The third kappa shape index (κ3) is 5.27. The summed E-state index contributed by atoms with van der Waals surface area (Å²) >= 11 is 6.11. The summed E-state index contributed by atoms with van der Waals surface area (Å²) in [6.07, 6.45) is 3.50. The van der Waals surface area contributed by atoms with E-state index in [1.807, 2.05) is 36.5 Å². The molecule has 2 aromatic heterocycles. The third-order valence-corrected chi connectivity index (χ3v) is 5.40. The Kier molecular flexibility index (Phi) is 6.51. The van der Waals surface area contributed by atoms with Gasteiger partial charge in [0, 0.05) is 46.5 Å². The summed E-state index contributed by atoms with van der Waals surface area (Å²) in [4.78, 5) is 42.8. The van der Waals surface area contributed by atoms with Crippen molar-refractivity contribution < 1.29 is 19.1 Å². The number of halogens is 1. The molecule has 2 heterocycles. The van der Waals surface area contributed by atoms with Crippen molar-refractivity contribution in [1.82, 2.24) is 9.97 Å². The molecule has 0 spiro atoms. The molecule has 4 aromatic rings.